The Morgan fingerprint density at radius 1 is 1.50 bits per heavy atom. The molecule has 4 nitrogen and oxygen atoms in total. The fourth-order valence-electron chi connectivity index (χ4n) is 1.42. The first-order chi connectivity index (χ1) is 7.70. The molecule has 0 aliphatic heterocycles. The number of aromatic nitrogens is 2. The van der Waals surface area contributed by atoms with E-state index in [1.54, 1.807) is 18.3 Å². The van der Waals surface area contributed by atoms with Gasteiger partial charge in [0.05, 0.1) is 11.9 Å². The largest absolute Gasteiger partial charge is 0.384 e. The zero-order valence-corrected chi connectivity index (χ0v) is 8.52. The Labute approximate surface area is 91.9 Å². The minimum absolute atomic E-state index is 0.0934. The molecule has 2 rings (SSSR count). The van der Waals surface area contributed by atoms with Crippen molar-refractivity contribution in [3.8, 4) is 11.3 Å². The van der Waals surface area contributed by atoms with Crippen molar-refractivity contribution in [2.24, 2.45) is 5.73 Å². The lowest BCUT2D eigenvalue weighted by Crippen LogP contribution is -2.12. The number of nitrogens with one attached hydrogen (secondary N) is 1. The van der Waals surface area contributed by atoms with E-state index in [-0.39, 0.29) is 12.4 Å². The molecule has 0 saturated heterocycles. The van der Waals surface area contributed by atoms with Crippen molar-refractivity contribution in [1.29, 1.82) is 0 Å². The molecule has 16 heavy (non-hydrogen) atoms. The topological polar surface area (TPSA) is 74.9 Å². The van der Waals surface area contributed by atoms with E-state index in [1.807, 2.05) is 0 Å². The summed E-state index contributed by atoms with van der Waals surface area (Å²) in [4.78, 5) is 6.88. The summed E-state index contributed by atoms with van der Waals surface area (Å²) in [6.07, 6.45) is 0.727. The highest BCUT2D eigenvalue weighted by Gasteiger charge is 2.10. The molecule has 4 N–H and O–H groups in total. The minimum atomic E-state index is -0.817. The van der Waals surface area contributed by atoms with Crippen LogP contribution in [0.5, 0.6) is 0 Å². The van der Waals surface area contributed by atoms with Gasteiger partial charge in [0.1, 0.15) is 17.7 Å². The normalized spacial score (nSPS) is 12.7. The van der Waals surface area contributed by atoms with E-state index in [4.69, 9.17) is 5.73 Å². The Morgan fingerprint density at radius 2 is 2.31 bits per heavy atom. The summed E-state index contributed by atoms with van der Waals surface area (Å²) < 4.78 is 13.0. The van der Waals surface area contributed by atoms with Crippen molar-refractivity contribution in [2.75, 3.05) is 6.54 Å². The van der Waals surface area contributed by atoms with Crippen LogP contribution in [-0.2, 0) is 0 Å². The van der Waals surface area contributed by atoms with Gasteiger partial charge in [0, 0.05) is 12.1 Å². The molecule has 1 aromatic carbocycles. The Kier molecular flexibility index (Phi) is 2.98. The molecule has 0 fully saturated rings. The number of aliphatic hydroxyl groups excluding tert-OH is 1. The smallest absolute Gasteiger partial charge is 0.136 e. The minimum Gasteiger partial charge on any atom is -0.384 e. The maximum atomic E-state index is 13.0. The summed E-state index contributed by atoms with van der Waals surface area (Å²) in [6, 6.07) is 6.14. The van der Waals surface area contributed by atoms with Crippen molar-refractivity contribution in [2.45, 2.75) is 6.10 Å². The van der Waals surface area contributed by atoms with Gasteiger partial charge >= 0.3 is 0 Å². The highest BCUT2D eigenvalue weighted by molar-refractivity contribution is 5.58. The third kappa shape index (κ3) is 2.10. The number of imidazole rings is 1. The van der Waals surface area contributed by atoms with Gasteiger partial charge in [-0.25, -0.2) is 9.37 Å². The number of nitrogens with two attached hydrogens (primary N) is 1. The van der Waals surface area contributed by atoms with Crippen LogP contribution in [0.25, 0.3) is 11.3 Å². The average molecular weight is 221 g/mol. The first-order valence-electron chi connectivity index (χ1n) is 4.89. The van der Waals surface area contributed by atoms with Crippen molar-refractivity contribution in [1.82, 2.24) is 9.97 Å². The fraction of sp³-hybridized carbons (Fsp3) is 0.182. The van der Waals surface area contributed by atoms with Gasteiger partial charge < -0.3 is 15.8 Å². The molecule has 2 aromatic rings. The van der Waals surface area contributed by atoms with Crippen LogP contribution >= 0.6 is 0 Å². The van der Waals surface area contributed by atoms with Crippen molar-refractivity contribution < 1.29 is 9.50 Å². The summed E-state index contributed by atoms with van der Waals surface area (Å²) in [7, 11) is 0. The summed E-state index contributed by atoms with van der Waals surface area (Å²) in [5.41, 5.74) is 6.64. The van der Waals surface area contributed by atoms with Gasteiger partial charge in [-0.05, 0) is 12.1 Å². The third-order valence-electron chi connectivity index (χ3n) is 2.27. The number of rotatable bonds is 3. The Bertz CT molecular complexity index is 484. The van der Waals surface area contributed by atoms with Gasteiger partial charge in [-0.1, -0.05) is 12.1 Å². The van der Waals surface area contributed by atoms with Crippen molar-refractivity contribution in [3.05, 3.63) is 42.1 Å². The number of nitrogens with zero attached hydrogens (tertiary/aromatic N) is 1. The number of hydrogen-bond acceptors (Lipinski definition) is 3. The lowest BCUT2D eigenvalue weighted by Gasteiger charge is -2.02. The van der Waals surface area contributed by atoms with Crippen molar-refractivity contribution >= 4 is 0 Å². The maximum Gasteiger partial charge on any atom is 0.136 e. The van der Waals surface area contributed by atoms with Gasteiger partial charge in [0.15, 0.2) is 0 Å². The Morgan fingerprint density at radius 3 is 3.00 bits per heavy atom. The second-order valence-electron chi connectivity index (χ2n) is 3.44. The van der Waals surface area contributed by atoms with E-state index < -0.39 is 6.10 Å². The van der Waals surface area contributed by atoms with Crippen LogP contribution < -0.4 is 5.73 Å². The van der Waals surface area contributed by atoms with Gasteiger partial charge in [0.25, 0.3) is 0 Å². The summed E-state index contributed by atoms with van der Waals surface area (Å²) in [5.74, 6) is 0.0785. The molecule has 0 bridgehead atoms. The predicted molar refractivity (Wildman–Crippen MR) is 58.0 cm³/mol. The summed E-state index contributed by atoms with van der Waals surface area (Å²) in [5, 5.41) is 9.45. The first kappa shape index (κ1) is 10.8. The van der Waals surface area contributed by atoms with Crippen LogP contribution in [-0.4, -0.2) is 21.6 Å². The molecule has 0 radical (unpaired) electrons. The predicted octanol–water partition coefficient (Wildman–Crippen LogP) is 1.21. The van der Waals surface area contributed by atoms with E-state index in [9.17, 15) is 9.50 Å². The first-order valence-corrected chi connectivity index (χ1v) is 4.89. The summed E-state index contributed by atoms with van der Waals surface area (Å²) >= 11 is 0. The van der Waals surface area contributed by atoms with Crippen LogP contribution in [0.4, 0.5) is 4.39 Å². The second kappa shape index (κ2) is 4.42. The third-order valence-corrected chi connectivity index (χ3v) is 2.27. The zero-order valence-electron chi connectivity index (χ0n) is 8.52. The highest BCUT2D eigenvalue weighted by Crippen LogP contribution is 2.19. The maximum absolute atomic E-state index is 13.0. The standard InChI is InChI=1S/C11H12FN3O/c12-8-3-1-2-7(4-8)9-6-14-11(15-9)10(16)5-13/h1-4,6,10,16H,5,13H2,(H,14,15). The fourth-order valence-corrected chi connectivity index (χ4v) is 1.42. The summed E-state index contributed by atoms with van der Waals surface area (Å²) in [6.45, 7) is 0.0934. The molecule has 1 atom stereocenters. The van der Waals surface area contributed by atoms with Gasteiger partial charge in [0.2, 0.25) is 0 Å². The number of aliphatic hydroxyl groups is 1. The van der Waals surface area contributed by atoms with E-state index >= 15 is 0 Å². The SMILES string of the molecule is NCC(O)c1ncc(-c2cccc(F)c2)[nH]1. The highest BCUT2D eigenvalue weighted by atomic mass is 19.1. The second-order valence-corrected chi connectivity index (χ2v) is 3.44. The number of benzene rings is 1. The molecule has 0 aliphatic carbocycles. The lowest BCUT2D eigenvalue weighted by molar-refractivity contribution is 0.177. The van der Waals surface area contributed by atoms with E-state index in [0.717, 1.165) is 0 Å². The molecule has 84 valence electrons. The van der Waals surface area contributed by atoms with Gasteiger partial charge in [-0.15, -0.1) is 0 Å². The number of H-pyrrole nitrogens is 1. The molecule has 1 aromatic heterocycles. The van der Waals surface area contributed by atoms with Gasteiger partial charge in [-0.3, -0.25) is 0 Å². The number of halogens is 1. The molecular weight excluding hydrogens is 209 g/mol. The van der Waals surface area contributed by atoms with Crippen molar-refractivity contribution in [3.63, 3.8) is 0 Å². The van der Waals surface area contributed by atoms with E-state index in [0.29, 0.717) is 17.1 Å². The molecule has 0 amide bonds. The van der Waals surface area contributed by atoms with E-state index in [2.05, 4.69) is 9.97 Å². The number of hydrogen-bond donors (Lipinski definition) is 3. The quantitative estimate of drug-likeness (QED) is 0.729. The molecule has 5 heteroatoms. The molecule has 0 saturated carbocycles. The monoisotopic (exact) mass is 221 g/mol. The molecule has 1 unspecified atom stereocenters. The van der Waals surface area contributed by atoms with E-state index in [1.165, 1.54) is 12.1 Å². The Hall–Kier alpha value is -1.72. The average Bonchev–Trinajstić information content (AvgIpc) is 2.77. The van der Waals surface area contributed by atoms with Gasteiger partial charge in [-0.2, -0.15) is 0 Å². The molecule has 0 spiro atoms. The molecular formula is C11H12FN3O. The van der Waals surface area contributed by atoms with Crippen LogP contribution in [0, 0.1) is 5.82 Å². The lowest BCUT2D eigenvalue weighted by atomic mass is 10.2. The number of aromatic amines is 1. The van der Waals surface area contributed by atoms with Crippen LogP contribution in [0.1, 0.15) is 11.9 Å². The van der Waals surface area contributed by atoms with Crippen LogP contribution in [0.2, 0.25) is 0 Å². The molecule has 1 heterocycles. The van der Waals surface area contributed by atoms with Crippen LogP contribution in [0.15, 0.2) is 30.5 Å². The Balaban J connectivity index is 2.31. The molecule has 0 aliphatic rings. The zero-order chi connectivity index (χ0) is 11.5. The van der Waals surface area contributed by atoms with Crippen LogP contribution in [0.3, 0.4) is 0 Å².